The minimum Gasteiger partial charge on any atom is -0.493 e. The van der Waals surface area contributed by atoms with E-state index in [-0.39, 0.29) is 35.3 Å². The summed E-state index contributed by atoms with van der Waals surface area (Å²) < 4.78 is 38.1. The first-order valence-electron chi connectivity index (χ1n) is 17.7. The molecule has 2 aliphatic rings. The largest absolute Gasteiger partial charge is 0.493 e. The summed E-state index contributed by atoms with van der Waals surface area (Å²) in [6.45, 7) is 8.61. The molecule has 1 fully saturated rings. The van der Waals surface area contributed by atoms with E-state index >= 15 is 4.39 Å². The van der Waals surface area contributed by atoms with Crippen molar-refractivity contribution in [3.8, 4) is 16.9 Å². The molecule has 13 heteroatoms. The monoisotopic (exact) mass is 708 g/mol. The number of carbonyl (C=O) groups excluding carboxylic acids is 2. The van der Waals surface area contributed by atoms with Crippen LogP contribution in [0.15, 0.2) is 55.0 Å². The third-order valence-electron chi connectivity index (χ3n) is 10.0. The van der Waals surface area contributed by atoms with Crippen LogP contribution >= 0.6 is 0 Å². The molecule has 270 valence electrons. The van der Waals surface area contributed by atoms with Crippen LogP contribution in [0.3, 0.4) is 0 Å². The third-order valence-corrected chi connectivity index (χ3v) is 10.0. The van der Waals surface area contributed by atoms with Crippen LogP contribution in [-0.2, 0) is 17.8 Å². The van der Waals surface area contributed by atoms with Gasteiger partial charge in [0.05, 0.1) is 18.3 Å². The number of piperazine rings is 1. The predicted octanol–water partition coefficient (Wildman–Crippen LogP) is 5.96. The number of halogens is 2. The molecule has 1 aromatic carbocycles. The Kier molecular flexibility index (Phi) is 9.76. The van der Waals surface area contributed by atoms with Crippen LogP contribution in [0, 0.1) is 25.5 Å². The summed E-state index contributed by atoms with van der Waals surface area (Å²) in [6.07, 6.45) is 8.95. The summed E-state index contributed by atoms with van der Waals surface area (Å²) in [5.41, 5.74) is 5.46. The molecule has 5 aromatic rings. The first-order valence-corrected chi connectivity index (χ1v) is 17.7. The second kappa shape index (κ2) is 14.6. The molecule has 6 heterocycles. The Balaban J connectivity index is 1.20. The normalized spacial score (nSPS) is 15.0. The number of benzene rings is 1. The number of nitrogens with one attached hydrogen (secondary N) is 1. The van der Waals surface area contributed by atoms with Crippen LogP contribution in [0.5, 0.6) is 5.75 Å². The minimum atomic E-state index is -0.470. The van der Waals surface area contributed by atoms with Gasteiger partial charge in [0, 0.05) is 99.1 Å². The van der Waals surface area contributed by atoms with E-state index in [0.29, 0.717) is 74.6 Å². The molecule has 0 unspecified atom stereocenters. The highest BCUT2D eigenvalue weighted by molar-refractivity contribution is 6.05. The second-order valence-electron chi connectivity index (χ2n) is 13.3. The SMILES string of the molecule is CCc1cc(C)ncc1-c1cc(C2=CCCN(C(=O)CCn3cccn3)C2)c(F)c2[nH]c(C(=O)N3CCN(c4nc(C)c(F)cc4OC)CC3)cc12. The molecule has 1 N–H and O–H groups in total. The number of fused-ring (bicyclic) bond motifs is 1. The predicted molar refractivity (Wildman–Crippen MR) is 195 cm³/mol. The summed E-state index contributed by atoms with van der Waals surface area (Å²) in [4.78, 5) is 44.9. The van der Waals surface area contributed by atoms with E-state index in [1.807, 2.05) is 48.5 Å². The van der Waals surface area contributed by atoms with Gasteiger partial charge in [-0.15, -0.1) is 0 Å². The number of anilines is 1. The lowest BCUT2D eigenvalue weighted by Crippen LogP contribution is -2.49. The fraction of sp³-hybridized carbons (Fsp3) is 0.359. The first-order chi connectivity index (χ1) is 25.1. The van der Waals surface area contributed by atoms with Crippen LogP contribution in [0.2, 0.25) is 0 Å². The number of methoxy groups -OCH3 is 1. The molecule has 7 rings (SSSR count). The highest BCUT2D eigenvalue weighted by Gasteiger charge is 2.29. The maximum atomic E-state index is 16.8. The van der Waals surface area contributed by atoms with Gasteiger partial charge in [0.1, 0.15) is 11.5 Å². The number of amides is 2. The van der Waals surface area contributed by atoms with Crippen molar-refractivity contribution in [3.05, 3.63) is 94.8 Å². The van der Waals surface area contributed by atoms with E-state index in [4.69, 9.17) is 4.74 Å². The first kappa shape index (κ1) is 34.8. The van der Waals surface area contributed by atoms with Gasteiger partial charge >= 0.3 is 0 Å². The van der Waals surface area contributed by atoms with Gasteiger partial charge in [-0.2, -0.15) is 5.10 Å². The Hall–Kier alpha value is -5.59. The molecular weight excluding hydrogens is 666 g/mol. The number of aromatic amines is 1. The van der Waals surface area contributed by atoms with Crippen LogP contribution in [-0.4, -0.2) is 92.7 Å². The number of carbonyl (C=O) groups is 2. The van der Waals surface area contributed by atoms with Gasteiger partial charge < -0.3 is 24.4 Å². The van der Waals surface area contributed by atoms with Crippen molar-refractivity contribution >= 4 is 34.1 Å². The maximum Gasteiger partial charge on any atom is 0.270 e. The fourth-order valence-electron chi connectivity index (χ4n) is 7.16. The summed E-state index contributed by atoms with van der Waals surface area (Å²) >= 11 is 0. The molecule has 11 nitrogen and oxygen atoms in total. The highest BCUT2D eigenvalue weighted by atomic mass is 19.1. The Labute approximate surface area is 300 Å². The van der Waals surface area contributed by atoms with Crippen LogP contribution in [0.1, 0.15) is 52.8 Å². The van der Waals surface area contributed by atoms with Gasteiger partial charge in [0.2, 0.25) is 5.91 Å². The van der Waals surface area contributed by atoms with E-state index in [1.54, 1.807) is 33.7 Å². The van der Waals surface area contributed by atoms with Gasteiger partial charge in [-0.3, -0.25) is 19.3 Å². The summed E-state index contributed by atoms with van der Waals surface area (Å²) in [7, 11) is 1.48. The molecule has 2 aliphatic heterocycles. The Bertz CT molecular complexity index is 2170. The quantitative estimate of drug-likeness (QED) is 0.201. The zero-order valence-corrected chi connectivity index (χ0v) is 29.9. The number of hydrogen-bond donors (Lipinski definition) is 1. The van der Waals surface area contributed by atoms with Crippen LogP contribution in [0.4, 0.5) is 14.6 Å². The van der Waals surface area contributed by atoms with E-state index in [1.165, 1.54) is 13.2 Å². The van der Waals surface area contributed by atoms with Crippen molar-refractivity contribution in [2.45, 2.75) is 46.6 Å². The molecule has 0 saturated carbocycles. The molecule has 0 spiro atoms. The molecule has 2 amide bonds. The van der Waals surface area contributed by atoms with Gasteiger partial charge in [0.25, 0.3) is 5.91 Å². The third kappa shape index (κ3) is 6.74. The topological polar surface area (TPSA) is 112 Å². The number of rotatable bonds is 9. The van der Waals surface area contributed by atoms with Gasteiger partial charge in [-0.25, -0.2) is 13.8 Å². The molecule has 0 bridgehead atoms. The highest BCUT2D eigenvalue weighted by Crippen LogP contribution is 2.38. The van der Waals surface area contributed by atoms with E-state index in [9.17, 15) is 14.0 Å². The van der Waals surface area contributed by atoms with Crippen molar-refractivity contribution in [3.63, 3.8) is 0 Å². The smallest absolute Gasteiger partial charge is 0.270 e. The van der Waals surface area contributed by atoms with Crippen LogP contribution in [0.25, 0.3) is 27.6 Å². The van der Waals surface area contributed by atoms with Crippen molar-refractivity contribution in [1.82, 2.24) is 34.5 Å². The van der Waals surface area contributed by atoms with E-state index < -0.39 is 11.6 Å². The lowest BCUT2D eigenvalue weighted by molar-refractivity contribution is -0.131. The van der Waals surface area contributed by atoms with Gasteiger partial charge in [-0.1, -0.05) is 13.0 Å². The number of ether oxygens (including phenoxy) is 1. The number of aryl methyl sites for hydroxylation is 4. The molecular formula is C39H42F2N8O3. The van der Waals surface area contributed by atoms with Gasteiger partial charge in [-0.05, 0) is 67.7 Å². The average Bonchev–Trinajstić information content (AvgIpc) is 3.86. The average molecular weight is 709 g/mol. The zero-order chi connectivity index (χ0) is 36.5. The standard InChI is InChI=1S/C39H42F2N8O3/c1-5-26-18-24(2)42-22-31(26)29-19-28(27-8-6-11-48(23-27)35(50)9-13-49-12-7-10-43-49)36(41)37-30(29)20-33(45-37)39(51)47-16-14-46(15-17-47)38-34(52-4)21-32(40)25(3)44-38/h7-8,10,12,18-22,45H,5-6,9,11,13-17,23H2,1-4H3. The molecule has 0 aliphatic carbocycles. The molecule has 4 aromatic heterocycles. The van der Waals surface area contributed by atoms with Gasteiger partial charge in [0.15, 0.2) is 17.4 Å². The molecule has 1 saturated heterocycles. The summed E-state index contributed by atoms with van der Waals surface area (Å²) in [5.74, 6) is -0.307. The van der Waals surface area contributed by atoms with Crippen molar-refractivity contribution in [1.29, 1.82) is 0 Å². The molecule has 52 heavy (non-hydrogen) atoms. The van der Waals surface area contributed by atoms with E-state index in [2.05, 4.69) is 27.0 Å². The number of hydrogen-bond acceptors (Lipinski definition) is 7. The van der Waals surface area contributed by atoms with E-state index in [0.717, 1.165) is 34.4 Å². The summed E-state index contributed by atoms with van der Waals surface area (Å²) in [5, 5.41) is 4.78. The summed E-state index contributed by atoms with van der Waals surface area (Å²) in [6, 6.07) is 8.77. The lowest BCUT2D eigenvalue weighted by Gasteiger charge is -2.35. The zero-order valence-electron chi connectivity index (χ0n) is 29.9. The Morgan fingerprint density at radius 2 is 1.79 bits per heavy atom. The second-order valence-corrected chi connectivity index (χ2v) is 13.3. The van der Waals surface area contributed by atoms with Crippen molar-refractivity contribution in [2.75, 3.05) is 51.3 Å². The maximum absolute atomic E-state index is 16.8. The lowest BCUT2D eigenvalue weighted by atomic mass is 9.91. The minimum absolute atomic E-state index is 0.0181. The number of H-pyrrole nitrogens is 1. The number of aromatic nitrogens is 5. The molecule has 0 atom stereocenters. The van der Waals surface area contributed by atoms with Crippen molar-refractivity contribution < 1.29 is 23.1 Å². The number of nitrogens with zero attached hydrogens (tertiary/aromatic N) is 7. The number of pyridine rings is 2. The van der Waals surface area contributed by atoms with Crippen LogP contribution < -0.4 is 9.64 Å². The van der Waals surface area contributed by atoms with Crippen molar-refractivity contribution in [2.24, 2.45) is 0 Å². The Morgan fingerprint density at radius 3 is 2.52 bits per heavy atom. The fourth-order valence-corrected chi connectivity index (χ4v) is 7.16. The molecule has 0 radical (unpaired) electrons. The Morgan fingerprint density at radius 1 is 0.981 bits per heavy atom.